The summed E-state index contributed by atoms with van der Waals surface area (Å²) in [5, 5.41) is 2.53. The van der Waals surface area contributed by atoms with Gasteiger partial charge in [-0.15, -0.1) is 0 Å². The van der Waals surface area contributed by atoms with Crippen LogP contribution in [0, 0.1) is 6.92 Å². The standard InChI is InChI=1S/C30H25N3O/c1-22-28(26-19-11-12-20-27(26)31-29(22)24-15-7-3-8-16-24)30(34)33(21-23-13-5-2-6-14-23)32-25-17-9-4-10-18-25/h2-20,32H,21H2,1H3. The number of hydrogen-bond donors (Lipinski definition) is 1. The third kappa shape index (κ3) is 4.39. The fourth-order valence-corrected chi connectivity index (χ4v) is 4.19. The lowest BCUT2D eigenvalue weighted by atomic mass is 9.97. The van der Waals surface area contributed by atoms with Crippen molar-refractivity contribution >= 4 is 22.5 Å². The van der Waals surface area contributed by atoms with E-state index in [1.807, 2.05) is 122 Å². The van der Waals surface area contributed by atoms with Gasteiger partial charge in [-0.25, -0.2) is 9.99 Å². The summed E-state index contributed by atoms with van der Waals surface area (Å²) in [6.45, 7) is 2.41. The molecule has 0 aliphatic rings. The number of carbonyl (C=O) groups is 1. The first-order chi connectivity index (χ1) is 16.7. The van der Waals surface area contributed by atoms with Gasteiger partial charge >= 0.3 is 0 Å². The molecule has 4 nitrogen and oxygen atoms in total. The molecule has 0 saturated heterocycles. The summed E-state index contributed by atoms with van der Waals surface area (Å²) in [6.07, 6.45) is 0. The van der Waals surface area contributed by atoms with Crippen molar-refractivity contribution < 1.29 is 4.79 Å². The number of carbonyl (C=O) groups excluding carboxylic acids is 1. The topological polar surface area (TPSA) is 45.2 Å². The number of para-hydroxylation sites is 2. The molecule has 0 fully saturated rings. The fourth-order valence-electron chi connectivity index (χ4n) is 4.19. The van der Waals surface area contributed by atoms with Crippen molar-refractivity contribution in [2.75, 3.05) is 5.43 Å². The van der Waals surface area contributed by atoms with Gasteiger partial charge in [0.15, 0.2) is 0 Å². The number of aromatic nitrogens is 1. The van der Waals surface area contributed by atoms with Gasteiger partial charge in [-0.05, 0) is 36.2 Å². The van der Waals surface area contributed by atoms with E-state index in [1.165, 1.54) is 0 Å². The van der Waals surface area contributed by atoms with Crippen LogP contribution in [0.25, 0.3) is 22.2 Å². The molecule has 0 unspecified atom stereocenters. The van der Waals surface area contributed by atoms with Crippen molar-refractivity contribution in [3.63, 3.8) is 0 Å². The van der Waals surface area contributed by atoms with Crippen LogP contribution in [-0.4, -0.2) is 15.9 Å². The maximum absolute atomic E-state index is 14.2. The molecule has 4 heteroatoms. The molecule has 5 aromatic rings. The Bertz CT molecular complexity index is 1380. The Balaban J connectivity index is 1.65. The molecule has 1 amide bonds. The van der Waals surface area contributed by atoms with Crippen LogP contribution in [0.1, 0.15) is 21.5 Å². The van der Waals surface area contributed by atoms with Crippen LogP contribution in [0.4, 0.5) is 5.69 Å². The Morgan fingerprint density at radius 2 is 1.35 bits per heavy atom. The number of rotatable bonds is 6. The van der Waals surface area contributed by atoms with Gasteiger partial charge in [0.05, 0.1) is 29.0 Å². The largest absolute Gasteiger partial charge is 0.295 e. The highest BCUT2D eigenvalue weighted by atomic mass is 16.2. The summed E-state index contributed by atoms with van der Waals surface area (Å²) >= 11 is 0. The molecule has 1 aromatic heterocycles. The van der Waals surface area contributed by atoms with E-state index in [0.29, 0.717) is 12.1 Å². The number of amides is 1. The van der Waals surface area contributed by atoms with Crippen molar-refractivity contribution in [2.45, 2.75) is 13.5 Å². The normalized spacial score (nSPS) is 10.7. The zero-order valence-corrected chi connectivity index (χ0v) is 19.0. The number of benzene rings is 4. The summed E-state index contributed by atoms with van der Waals surface area (Å²) < 4.78 is 0. The summed E-state index contributed by atoms with van der Waals surface area (Å²) in [7, 11) is 0. The van der Waals surface area contributed by atoms with Crippen LogP contribution in [0.5, 0.6) is 0 Å². The molecule has 0 saturated carbocycles. The Hall–Kier alpha value is -4.44. The molecule has 5 rings (SSSR count). The molecule has 0 atom stereocenters. The predicted molar refractivity (Wildman–Crippen MR) is 138 cm³/mol. The Morgan fingerprint density at radius 3 is 2.06 bits per heavy atom. The molecule has 1 N–H and O–H groups in total. The number of pyridine rings is 1. The predicted octanol–water partition coefficient (Wildman–Crippen LogP) is 6.88. The Kier molecular flexibility index (Phi) is 6.04. The van der Waals surface area contributed by atoms with Crippen LogP contribution in [0.2, 0.25) is 0 Å². The van der Waals surface area contributed by atoms with Gasteiger partial charge in [0, 0.05) is 10.9 Å². The lowest BCUT2D eigenvalue weighted by Gasteiger charge is -2.26. The van der Waals surface area contributed by atoms with Gasteiger partial charge in [-0.3, -0.25) is 10.2 Å². The second-order valence-electron chi connectivity index (χ2n) is 8.20. The Morgan fingerprint density at radius 1 is 0.765 bits per heavy atom. The number of nitrogens with zero attached hydrogens (tertiary/aromatic N) is 2. The van der Waals surface area contributed by atoms with E-state index in [0.717, 1.165) is 39.0 Å². The van der Waals surface area contributed by atoms with Gasteiger partial charge in [-0.2, -0.15) is 0 Å². The fraction of sp³-hybridized carbons (Fsp3) is 0.0667. The first-order valence-corrected chi connectivity index (χ1v) is 11.3. The summed E-state index contributed by atoms with van der Waals surface area (Å²) in [4.78, 5) is 19.1. The average molecular weight is 444 g/mol. The van der Waals surface area contributed by atoms with Crippen molar-refractivity contribution in [2.24, 2.45) is 0 Å². The highest BCUT2D eigenvalue weighted by Gasteiger charge is 2.24. The highest BCUT2D eigenvalue weighted by molar-refractivity contribution is 6.09. The highest BCUT2D eigenvalue weighted by Crippen LogP contribution is 2.31. The van der Waals surface area contributed by atoms with E-state index in [9.17, 15) is 4.79 Å². The van der Waals surface area contributed by atoms with Crippen molar-refractivity contribution in [1.82, 2.24) is 9.99 Å². The number of anilines is 1. The number of hydrogen-bond acceptors (Lipinski definition) is 3. The van der Waals surface area contributed by atoms with Crippen LogP contribution in [-0.2, 0) is 6.54 Å². The van der Waals surface area contributed by atoms with Crippen molar-refractivity contribution in [3.8, 4) is 11.3 Å². The van der Waals surface area contributed by atoms with E-state index in [2.05, 4.69) is 5.43 Å². The molecular formula is C30H25N3O. The molecule has 0 bridgehead atoms. The lowest BCUT2D eigenvalue weighted by Crippen LogP contribution is -2.36. The molecule has 166 valence electrons. The minimum absolute atomic E-state index is 0.0963. The number of nitrogens with one attached hydrogen (secondary N) is 1. The lowest BCUT2D eigenvalue weighted by molar-refractivity contribution is 0.0784. The summed E-state index contributed by atoms with van der Waals surface area (Å²) in [6, 6.07) is 37.7. The van der Waals surface area contributed by atoms with E-state index in [1.54, 1.807) is 5.01 Å². The van der Waals surface area contributed by atoms with Gasteiger partial charge in [0.1, 0.15) is 0 Å². The molecule has 0 spiro atoms. The minimum Gasteiger partial charge on any atom is -0.295 e. The quantitative estimate of drug-likeness (QED) is 0.291. The van der Waals surface area contributed by atoms with E-state index < -0.39 is 0 Å². The Labute approximate surface area is 199 Å². The smallest absolute Gasteiger partial charge is 0.273 e. The zero-order chi connectivity index (χ0) is 23.3. The van der Waals surface area contributed by atoms with Crippen LogP contribution in [0.15, 0.2) is 115 Å². The third-order valence-corrected chi connectivity index (χ3v) is 5.86. The maximum atomic E-state index is 14.2. The molecule has 0 radical (unpaired) electrons. The van der Waals surface area contributed by atoms with Gasteiger partial charge in [0.2, 0.25) is 0 Å². The monoisotopic (exact) mass is 443 g/mol. The SMILES string of the molecule is Cc1c(-c2ccccc2)nc2ccccc2c1C(=O)N(Cc1ccccc1)Nc1ccccc1. The van der Waals surface area contributed by atoms with Crippen molar-refractivity contribution in [1.29, 1.82) is 0 Å². The second kappa shape index (κ2) is 9.59. The molecule has 4 aromatic carbocycles. The van der Waals surface area contributed by atoms with E-state index >= 15 is 0 Å². The first kappa shape index (κ1) is 21.4. The van der Waals surface area contributed by atoms with E-state index in [4.69, 9.17) is 4.98 Å². The van der Waals surface area contributed by atoms with Crippen molar-refractivity contribution in [3.05, 3.63) is 132 Å². The number of hydrazine groups is 1. The van der Waals surface area contributed by atoms with Gasteiger partial charge < -0.3 is 0 Å². The molecule has 0 aliphatic carbocycles. The minimum atomic E-state index is -0.0963. The van der Waals surface area contributed by atoms with Crippen LogP contribution < -0.4 is 5.43 Å². The summed E-state index contributed by atoms with van der Waals surface area (Å²) in [5.74, 6) is -0.0963. The maximum Gasteiger partial charge on any atom is 0.273 e. The molecule has 34 heavy (non-hydrogen) atoms. The van der Waals surface area contributed by atoms with E-state index in [-0.39, 0.29) is 5.91 Å². The molecule has 1 heterocycles. The van der Waals surface area contributed by atoms with Gasteiger partial charge in [0.25, 0.3) is 5.91 Å². The summed E-state index contributed by atoms with van der Waals surface area (Å²) in [5.41, 5.74) is 9.37. The van der Waals surface area contributed by atoms with Crippen LogP contribution >= 0.6 is 0 Å². The second-order valence-corrected chi connectivity index (χ2v) is 8.20. The molecular weight excluding hydrogens is 418 g/mol. The zero-order valence-electron chi connectivity index (χ0n) is 19.0. The van der Waals surface area contributed by atoms with Gasteiger partial charge in [-0.1, -0.05) is 97.1 Å². The third-order valence-electron chi connectivity index (χ3n) is 5.86. The molecule has 0 aliphatic heterocycles. The first-order valence-electron chi connectivity index (χ1n) is 11.3. The number of fused-ring (bicyclic) bond motifs is 1. The van der Waals surface area contributed by atoms with Crippen LogP contribution in [0.3, 0.4) is 0 Å². The average Bonchev–Trinajstić information content (AvgIpc) is 2.89.